The Kier molecular flexibility index (Phi) is 8.30. The first-order valence-corrected chi connectivity index (χ1v) is 5.79. The van der Waals surface area contributed by atoms with E-state index in [-0.39, 0.29) is 25.1 Å². The van der Waals surface area contributed by atoms with Crippen LogP contribution in [0.2, 0.25) is 0 Å². The molecular weight excluding hydrogens is 271 g/mol. The zero-order valence-electron chi connectivity index (χ0n) is 9.50. The monoisotopic (exact) mass is 286 g/mol. The normalized spacial score (nSPS) is 10.1. The molecule has 0 bridgehead atoms. The Hall–Kier alpha value is -1.36. The number of rotatable bonds is 3. The van der Waals surface area contributed by atoms with Crippen molar-refractivity contribution in [1.82, 2.24) is 15.7 Å². The summed E-state index contributed by atoms with van der Waals surface area (Å²) < 4.78 is 10.2. The van der Waals surface area contributed by atoms with E-state index in [1.165, 1.54) is 10.8 Å². The molecule has 0 saturated heterocycles. The molecule has 18 heavy (non-hydrogen) atoms. The fourth-order valence-electron chi connectivity index (χ4n) is 0.978. The molecular formula is C6H15N4O7P. The highest BCUT2D eigenvalue weighted by molar-refractivity contribution is 7.45. The van der Waals surface area contributed by atoms with Gasteiger partial charge in [0.2, 0.25) is 0 Å². The number of aryl methyl sites for hydroxylation is 1. The van der Waals surface area contributed by atoms with Crippen LogP contribution in [-0.2, 0) is 11.1 Å². The van der Waals surface area contributed by atoms with E-state index in [2.05, 4.69) is 4.98 Å². The Morgan fingerprint density at radius 2 is 1.94 bits per heavy atom. The van der Waals surface area contributed by atoms with Gasteiger partial charge in [-0.15, -0.1) is 0 Å². The molecule has 0 fully saturated rings. The summed E-state index contributed by atoms with van der Waals surface area (Å²) in [7, 11) is -4.64. The van der Waals surface area contributed by atoms with Crippen LogP contribution in [0.5, 0.6) is 0 Å². The summed E-state index contributed by atoms with van der Waals surface area (Å²) in [6, 6.07) is 0. The second-order valence-corrected chi connectivity index (χ2v) is 3.84. The average molecular weight is 286 g/mol. The minimum atomic E-state index is -4.64. The van der Waals surface area contributed by atoms with Gasteiger partial charge in [0.05, 0.1) is 6.61 Å². The SMILES string of the molecule is Cc1ncc([N+](=O)[O-])n1CCO.N.O=P(O)(O)O. The van der Waals surface area contributed by atoms with Crippen LogP contribution in [-0.4, -0.2) is 40.9 Å². The Labute approximate surface area is 102 Å². The molecule has 0 atom stereocenters. The summed E-state index contributed by atoms with van der Waals surface area (Å²) in [5.41, 5.74) is 0. The quantitative estimate of drug-likeness (QED) is 0.272. The fraction of sp³-hybridized carbons (Fsp3) is 0.500. The lowest BCUT2D eigenvalue weighted by atomic mass is 10.6. The molecule has 0 aliphatic rings. The number of nitrogens with zero attached hydrogens (tertiary/aromatic N) is 3. The standard InChI is InChI=1S/C6H9N3O3.H3N.H3O4P/c1-5-7-4-6(9(11)12)8(5)2-3-10;;1-5(2,3)4/h4,10H,2-3H2,1H3;1H3;(H3,1,2,3,4). The van der Waals surface area contributed by atoms with Gasteiger partial charge in [-0.1, -0.05) is 0 Å². The number of nitro groups is 1. The van der Waals surface area contributed by atoms with Crippen molar-refractivity contribution in [3.8, 4) is 0 Å². The van der Waals surface area contributed by atoms with Crippen molar-refractivity contribution in [2.45, 2.75) is 13.5 Å². The van der Waals surface area contributed by atoms with Crippen LogP contribution in [0.25, 0.3) is 0 Å². The number of aliphatic hydroxyl groups is 1. The minimum Gasteiger partial charge on any atom is -0.392 e. The average Bonchev–Trinajstić information content (AvgIpc) is 2.46. The molecule has 1 rings (SSSR count). The number of hydrogen-bond donors (Lipinski definition) is 5. The van der Waals surface area contributed by atoms with Crippen molar-refractivity contribution < 1.29 is 29.3 Å². The number of hydrogen-bond acceptors (Lipinski definition) is 6. The van der Waals surface area contributed by atoms with Crippen LogP contribution in [0.3, 0.4) is 0 Å². The molecule has 1 heterocycles. The maximum atomic E-state index is 10.4. The smallest absolute Gasteiger partial charge is 0.392 e. The summed E-state index contributed by atoms with van der Waals surface area (Å²) in [4.78, 5) is 35.2. The van der Waals surface area contributed by atoms with Gasteiger partial charge in [0.1, 0.15) is 12.7 Å². The molecule has 12 heteroatoms. The lowest BCUT2D eigenvalue weighted by Crippen LogP contribution is -2.07. The largest absolute Gasteiger partial charge is 0.466 e. The summed E-state index contributed by atoms with van der Waals surface area (Å²) in [5.74, 6) is 0.456. The maximum absolute atomic E-state index is 10.4. The van der Waals surface area contributed by atoms with Crippen molar-refractivity contribution in [3.05, 3.63) is 22.1 Å². The molecule has 0 unspecified atom stereocenters. The van der Waals surface area contributed by atoms with Gasteiger partial charge >= 0.3 is 13.6 Å². The molecule has 106 valence electrons. The van der Waals surface area contributed by atoms with Crippen molar-refractivity contribution >= 4 is 13.6 Å². The van der Waals surface area contributed by atoms with Gasteiger partial charge in [-0.05, 0) is 4.92 Å². The third-order valence-corrected chi connectivity index (χ3v) is 1.54. The van der Waals surface area contributed by atoms with Crippen LogP contribution >= 0.6 is 7.82 Å². The van der Waals surface area contributed by atoms with Crippen LogP contribution < -0.4 is 6.15 Å². The summed E-state index contributed by atoms with van der Waals surface area (Å²) >= 11 is 0. The van der Waals surface area contributed by atoms with Crippen LogP contribution in [0.4, 0.5) is 5.82 Å². The van der Waals surface area contributed by atoms with Crippen molar-refractivity contribution in [2.75, 3.05) is 6.61 Å². The Morgan fingerprint density at radius 3 is 2.28 bits per heavy atom. The van der Waals surface area contributed by atoms with E-state index >= 15 is 0 Å². The van der Waals surface area contributed by atoms with Crippen molar-refractivity contribution in [3.63, 3.8) is 0 Å². The zero-order chi connectivity index (χ0) is 13.6. The maximum Gasteiger partial charge on any atom is 0.466 e. The summed E-state index contributed by atoms with van der Waals surface area (Å²) in [6.07, 6.45) is 1.19. The van der Waals surface area contributed by atoms with Gasteiger partial charge in [-0.2, -0.15) is 0 Å². The highest BCUT2D eigenvalue weighted by Crippen LogP contribution is 2.25. The third-order valence-electron chi connectivity index (χ3n) is 1.54. The predicted octanol–water partition coefficient (Wildman–Crippen LogP) is -0.675. The molecule has 0 radical (unpaired) electrons. The summed E-state index contributed by atoms with van der Waals surface area (Å²) in [6.45, 7) is 1.74. The van der Waals surface area contributed by atoms with E-state index < -0.39 is 12.7 Å². The zero-order valence-corrected chi connectivity index (χ0v) is 10.4. The number of phosphoric acid groups is 1. The van der Waals surface area contributed by atoms with E-state index in [4.69, 9.17) is 24.4 Å². The van der Waals surface area contributed by atoms with Crippen molar-refractivity contribution in [2.24, 2.45) is 0 Å². The molecule has 1 aromatic rings. The first-order chi connectivity index (χ1) is 7.66. The van der Waals surface area contributed by atoms with Gasteiger partial charge in [0.15, 0.2) is 5.82 Å². The first kappa shape index (κ1) is 19.0. The highest BCUT2D eigenvalue weighted by atomic mass is 31.2. The molecule has 0 aromatic carbocycles. The van der Waals surface area contributed by atoms with E-state index in [0.29, 0.717) is 5.82 Å². The van der Waals surface area contributed by atoms with Crippen LogP contribution in [0.1, 0.15) is 5.82 Å². The molecule has 1 aromatic heterocycles. The summed E-state index contributed by atoms with van der Waals surface area (Å²) in [5, 5.41) is 19.0. The predicted molar refractivity (Wildman–Crippen MR) is 60.0 cm³/mol. The van der Waals surface area contributed by atoms with Crippen LogP contribution in [0, 0.1) is 17.0 Å². The minimum absolute atomic E-state index is 0. The lowest BCUT2D eigenvalue weighted by Gasteiger charge is -1.98. The van der Waals surface area contributed by atoms with E-state index in [0.717, 1.165) is 0 Å². The highest BCUT2D eigenvalue weighted by Gasteiger charge is 2.15. The number of aromatic nitrogens is 2. The second-order valence-electron chi connectivity index (χ2n) is 2.81. The molecule has 0 spiro atoms. The van der Waals surface area contributed by atoms with E-state index in [9.17, 15) is 10.1 Å². The topological polar surface area (TPSA) is 194 Å². The van der Waals surface area contributed by atoms with Gasteiger partial charge in [0, 0.05) is 6.92 Å². The van der Waals surface area contributed by atoms with Gasteiger partial charge in [-0.25, -0.2) is 14.1 Å². The fourth-order valence-corrected chi connectivity index (χ4v) is 0.978. The molecule has 11 nitrogen and oxygen atoms in total. The third kappa shape index (κ3) is 7.84. The molecule has 0 saturated carbocycles. The molecule has 7 N–H and O–H groups in total. The number of imidazole rings is 1. The van der Waals surface area contributed by atoms with Crippen molar-refractivity contribution in [1.29, 1.82) is 0 Å². The second kappa shape index (κ2) is 7.87. The molecule has 0 amide bonds. The van der Waals surface area contributed by atoms with E-state index in [1.54, 1.807) is 6.92 Å². The number of aliphatic hydroxyl groups excluding tert-OH is 1. The molecule has 0 aliphatic heterocycles. The first-order valence-electron chi connectivity index (χ1n) is 4.22. The van der Waals surface area contributed by atoms with Crippen LogP contribution in [0.15, 0.2) is 6.20 Å². The van der Waals surface area contributed by atoms with E-state index in [1.807, 2.05) is 0 Å². The molecule has 0 aliphatic carbocycles. The van der Waals surface area contributed by atoms with Gasteiger partial charge < -0.3 is 36.1 Å². The van der Waals surface area contributed by atoms with Gasteiger partial charge in [-0.3, -0.25) is 0 Å². The Balaban J connectivity index is 0. The Bertz CT molecular complexity index is 419. The Morgan fingerprint density at radius 1 is 1.50 bits per heavy atom. The van der Waals surface area contributed by atoms with Gasteiger partial charge in [0.25, 0.3) is 0 Å². The lowest BCUT2D eigenvalue weighted by molar-refractivity contribution is -0.392.